The van der Waals surface area contributed by atoms with Crippen molar-refractivity contribution >= 4 is 0 Å². The third kappa shape index (κ3) is 3.10. The van der Waals surface area contributed by atoms with Crippen molar-refractivity contribution in [1.82, 2.24) is 20.1 Å². The van der Waals surface area contributed by atoms with E-state index in [1.54, 1.807) is 6.33 Å². The zero-order valence-corrected chi connectivity index (χ0v) is 12.1. The Morgan fingerprint density at radius 3 is 2.78 bits per heavy atom. The molecule has 18 heavy (non-hydrogen) atoms. The van der Waals surface area contributed by atoms with Crippen LogP contribution in [0.4, 0.5) is 0 Å². The summed E-state index contributed by atoms with van der Waals surface area (Å²) in [6, 6.07) is 0.643. The molecule has 102 valence electrons. The maximum Gasteiger partial charge on any atom is 0.140 e. The predicted molar refractivity (Wildman–Crippen MR) is 73.0 cm³/mol. The number of aromatic nitrogens is 3. The van der Waals surface area contributed by atoms with Crippen LogP contribution in [0, 0.1) is 17.8 Å². The van der Waals surface area contributed by atoms with Gasteiger partial charge in [0.05, 0.1) is 6.54 Å². The fraction of sp³-hybridized carbons (Fsp3) is 0.857. The molecule has 0 spiro atoms. The molecule has 2 rings (SSSR count). The number of nitrogens with zero attached hydrogens (tertiary/aromatic N) is 3. The normalized spacial score (nSPS) is 28.2. The van der Waals surface area contributed by atoms with E-state index in [1.807, 2.05) is 4.68 Å². The predicted octanol–water partition coefficient (Wildman–Crippen LogP) is 2.46. The Bertz CT molecular complexity index is 372. The van der Waals surface area contributed by atoms with Gasteiger partial charge in [0, 0.05) is 12.6 Å². The molecule has 1 heterocycles. The Morgan fingerprint density at radius 1 is 1.39 bits per heavy atom. The van der Waals surface area contributed by atoms with E-state index in [0.29, 0.717) is 12.0 Å². The van der Waals surface area contributed by atoms with Crippen LogP contribution in [-0.4, -0.2) is 20.8 Å². The largest absolute Gasteiger partial charge is 0.307 e. The van der Waals surface area contributed by atoms with Gasteiger partial charge in [-0.25, -0.2) is 9.67 Å². The Morgan fingerprint density at radius 2 is 2.17 bits per heavy atom. The summed E-state index contributed by atoms with van der Waals surface area (Å²) < 4.78 is 2.03. The molecule has 0 amide bonds. The first-order valence-corrected chi connectivity index (χ1v) is 7.18. The summed E-state index contributed by atoms with van der Waals surface area (Å²) in [4.78, 5) is 4.36. The van der Waals surface area contributed by atoms with Crippen LogP contribution < -0.4 is 5.32 Å². The molecule has 1 aromatic rings. The van der Waals surface area contributed by atoms with Crippen LogP contribution in [0.25, 0.3) is 0 Å². The van der Waals surface area contributed by atoms with Gasteiger partial charge in [0.1, 0.15) is 12.2 Å². The summed E-state index contributed by atoms with van der Waals surface area (Å²) in [6.07, 6.45) is 4.30. The summed E-state index contributed by atoms with van der Waals surface area (Å²) in [6.45, 7) is 10.9. The molecule has 1 aromatic heterocycles. The van der Waals surface area contributed by atoms with E-state index in [4.69, 9.17) is 0 Å². The Kier molecular flexibility index (Phi) is 4.38. The lowest BCUT2D eigenvalue weighted by molar-refractivity contribution is 0.361. The van der Waals surface area contributed by atoms with E-state index < -0.39 is 0 Å². The summed E-state index contributed by atoms with van der Waals surface area (Å²) in [5, 5.41) is 7.96. The standard InChI is InChI=1S/C14H26N4/c1-10(2)8-18-14(16-9-17-18)7-15-13-6-5-11(3)12(13)4/h9-13,15H,5-8H2,1-4H3. The maximum absolute atomic E-state index is 4.36. The minimum absolute atomic E-state index is 0.607. The van der Waals surface area contributed by atoms with Gasteiger partial charge in [-0.3, -0.25) is 0 Å². The summed E-state index contributed by atoms with van der Waals surface area (Å²) in [5.74, 6) is 3.29. The zero-order chi connectivity index (χ0) is 13.1. The van der Waals surface area contributed by atoms with E-state index in [0.717, 1.165) is 30.7 Å². The van der Waals surface area contributed by atoms with Crippen LogP contribution in [0.3, 0.4) is 0 Å². The molecular weight excluding hydrogens is 224 g/mol. The lowest BCUT2D eigenvalue weighted by Gasteiger charge is -2.19. The highest BCUT2D eigenvalue weighted by atomic mass is 15.3. The van der Waals surface area contributed by atoms with Crippen LogP contribution >= 0.6 is 0 Å². The van der Waals surface area contributed by atoms with E-state index in [-0.39, 0.29) is 0 Å². The highest BCUT2D eigenvalue weighted by Crippen LogP contribution is 2.31. The minimum Gasteiger partial charge on any atom is -0.307 e. The third-order valence-electron chi connectivity index (χ3n) is 4.22. The maximum atomic E-state index is 4.36. The van der Waals surface area contributed by atoms with Crippen molar-refractivity contribution in [3.8, 4) is 0 Å². The topological polar surface area (TPSA) is 42.7 Å². The molecule has 0 aromatic carbocycles. The second-order valence-corrected chi connectivity index (χ2v) is 6.15. The molecule has 1 aliphatic carbocycles. The smallest absolute Gasteiger partial charge is 0.140 e. The van der Waals surface area contributed by atoms with Crippen molar-refractivity contribution in [2.45, 2.75) is 59.7 Å². The van der Waals surface area contributed by atoms with Gasteiger partial charge in [-0.2, -0.15) is 5.10 Å². The SMILES string of the molecule is CC(C)Cn1ncnc1CNC1CCC(C)C1C. The fourth-order valence-electron chi connectivity index (χ4n) is 2.80. The number of rotatable bonds is 5. The van der Waals surface area contributed by atoms with Crippen molar-refractivity contribution in [3.05, 3.63) is 12.2 Å². The van der Waals surface area contributed by atoms with Crippen LogP contribution in [-0.2, 0) is 13.1 Å². The first kappa shape index (κ1) is 13.5. The van der Waals surface area contributed by atoms with Crippen molar-refractivity contribution in [3.63, 3.8) is 0 Å². The average molecular weight is 250 g/mol. The van der Waals surface area contributed by atoms with Gasteiger partial charge in [-0.15, -0.1) is 0 Å². The monoisotopic (exact) mass is 250 g/mol. The molecule has 3 unspecified atom stereocenters. The summed E-state index contributed by atoms with van der Waals surface area (Å²) >= 11 is 0. The van der Waals surface area contributed by atoms with Crippen LogP contribution in [0.5, 0.6) is 0 Å². The summed E-state index contributed by atoms with van der Waals surface area (Å²) in [7, 11) is 0. The van der Waals surface area contributed by atoms with Gasteiger partial charge in [0.2, 0.25) is 0 Å². The van der Waals surface area contributed by atoms with Gasteiger partial charge in [-0.05, 0) is 30.6 Å². The molecule has 1 fully saturated rings. The number of hydrogen-bond acceptors (Lipinski definition) is 3. The van der Waals surface area contributed by atoms with Crippen LogP contribution in [0.15, 0.2) is 6.33 Å². The molecule has 1 N–H and O–H groups in total. The number of nitrogens with one attached hydrogen (secondary N) is 1. The van der Waals surface area contributed by atoms with E-state index >= 15 is 0 Å². The van der Waals surface area contributed by atoms with E-state index in [1.165, 1.54) is 12.8 Å². The molecule has 1 aliphatic rings. The average Bonchev–Trinajstić information content (AvgIpc) is 2.86. The van der Waals surface area contributed by atoms with Crippen molar-refractivity contribution in [2.75, 3.05) is 0 Å². The van der Waals surface area contributed by atoms with E-state index in [9.17, 15) is 0 Å². The lowest BCUT2D eigenvalue weighted by atomic mass is 9.98. The highest BCUT2D eigenvalue weighted by Gasteiger charge is 2.29. The fourth-order valence-corrected chi connectivity index (χ4v) is 2.80. The third-order valence-corrected chi connectivity index (χ3v) is 4.22. The lowest BCUT2D eigenvalue weighted by Crippen LogP contribution is -2.33. The quantitative estimate of drug-likeness (QED) is 0.873. The molecule has 4 heteroatoms. The Labute approximate surface area is 110 Å². The molecule has 0 saturated heterocycles. The van der Waals surface area contributed by atoms with Crippen molar-refractivity contribution in [1.29, 1.82) is 0 Å². The van der Waals surface area contributed by atoms with Gasteiger partial charge < -0.3 is 5.32 Å². The Balaban J connectivity index is 1.88. The Hall–Kier alpha value is -0.900. The van der Waals surface area contributed by atoms with Crippen LogP contribution in [0.2, 0.25) is 0 Å². The molecule has 4 nitrogen and oxygen atoms in total. The van der Waals surface area contributed by atoms with Gasteiger partial charge >= 0.3 is 0 Å². The molecule has 0 radical (unpaired) electrons. The van der Waals surface area contributed by atoms with Gasteiger partial charge in [0.25, 0.3) is 0 Å². The minimum atomic E-state index is 0.607. The van der Waals surface area contributed by atoms with Gasteiger partial charge in [0.15, 0.2) is 0 Å². The second kappa shape index (κ2) is 5.83. The zero-order valence-electron chi connectivity index (χ0n) is 12.1. The van der Waals surface area contributed by atoms with Crippen molar-refractivity contribution in [2.24, 2.45) is 17.8 Å². The first-order valence-electron chi connectivity index (χ1n) is 7.18. The second-order valence-electron chi connectivity index (χ2n) is 6.15. The van der Waals surface area contributed by atoms with Crippen LogP contribution in [0.1, 0.15) is 46.4 Å². The molecule has 3 atom stereocenters. The molecular formula is C14H26N4. The molecule has 0 bridgehead atoms. The van der Waals surface area contributed by atoms with Gasteiger partial charge in [-0.1, -0.05) is 27.7 Å². The number of hydrogen-bond donors (Lipinski definition) is 1. The van der Waals surface area contributed by atoms with E-state index in [2.05, 4.69) is 43.1 Å². The molecule has 1 saturated carbocycles. The molecule has 0 aliphatic heterocycles. The van der Waals surface area contributed by atoms with Crippen molar-refractivity contribution < 1.29 is 0 Å². The highest BCUT2D eigenvalue weighted by molar-refractivity contribution is 4.89. The summed E-state index contributed by atoms with van der Waals surface area (Å²) in [5.41, 5.74) is 0. The first-order chi connectivity index (χ1) is 8.58.